The second kappa shape index (κ2) is 5.69. The molecule has 5 rings (SSSR count). The van der Waals surface area contributed by atoms with Gasteiger partial charge in [0.15, 0.2) is 5.78 Å². The van der Waals surface area contributed by atoms with Gasteiger partial charge in [-0.2, -0.15) is 0 Å². The SMILES string of the molecule is C[C@@]12CCCC1C1CCC3=CC(=O)CCC3=C1C(c1ccccc1)C2. The molecule has 3 unspecified atom stereocenters. The van der Waals surface area contributed by atoms with Crippen molar-refractivity contribution >= 4 is 5.78 Å². The molecule has 25 heavy (non-hydrogen) atoms. The maximum atomic E-state index is 12.0. The maximum Gasteiger partial charge on any atom is 0.156 e. The topological polar surface area (TPSA) is 17.1 Å². The zero-order valence-electron chi connectivity index (χ0n) is 15.3. The Morgan fingerprint density at radius 2 is 1.88 bits per heavy atom. The second-order valence-electron chi connectivity index (χ2n) is 9.04. The van der Waals surface area contributed by atoms with Crippen LogP contribution in [0.25, 0.3) is 0 Å². The molecule has 0 saturated heterocycles. The predicted molar refractivity (Wildman–Crippen MR) is 101 cm³/mol. The molecule has 4 aliphatic rings. The number of fused-ring (bicyclic) bond motifs is 4. The van der Waals surface area contributed by atoms with Crippen LogP contribution in [-0.2, 0) is 4.79 Å². The van der Waals surface area contributed by atoms with E-state index >= 15 is 0 Å². The summed E-state index contributed by atoms with van der Waals surface area (Å²) in [6.45, 7) is 2.57. The number of hydrogen-bond donors (Lipinski definition) is 0. The molecule has 1 heteroatoms. The first kappa shape index (κ1) is 15.6. The molecular weight excluding hydrogens is 304 g/mol. The molecule has 0 bridgehead atoms. The zero-order valence-corrected chi connectivity index (χ0v) is 15.3. The molecule has 1 aromatic carbocycles. The minimum absolute atomic E-state index is 0.343. The molecule has 130 valence electrons. The molecule has 1 aromatic rings. The van der Waals surface area contributed by atoms with E-state index in [1.54, 1.807) is 11.1 Å². The lowest BCUT2D eigenvalue weighted by molar-refractivity contribution is -0.114. The first-order valence-electron chi connectivity index (χ1n) is 10.2. The Kier molecular flexibility index (Phi) is 3.55. The van der Waals surface area contributed by atoms with Crippen molar-refractivity contribution in [3.8, 4) is 0 Å². The summed E-state index contributed by atoms with van der Waals surface area (Å²) in [4.78, 5) is 12.0. The lowest BCUT2D eigenvalue weighted by Crippen LogP contribution is -2.40. The Balaban J connectivity index is 1.68. The minimum Gasteiger partial charge on any atom is -0.295 e. The Hall–Kier alpha value is -1.63. The van der Waals surface area contributed by atoms with Crippen LogP contribution in [0.2, 0.25) is 0 Å². The first-order valence-corrected chi connectivity index (χ1v) is 10.2. The van der Waals surface area contributed by atoms with Crippen LogP contribution in [0.1, 0.15) is 69.8 Å². The van der Waals surface area contributed by atoms with Crippen LogP contribution in [0.3, 0.4) is 0 Å². The third-order valence-electron chi connectivity index (χ3n) is 7.71. The van der Waals surface area contributed by atoms with Crippen molar-refractivity contribution in [2.45, 2.75) is 64.2 Å². The molecule has 0 amide bonds. The van der Waals surface area contributed by atoms with Crippen LogP contribution in [0.5, 0.6) is 0 Å². The van der Waals surface area contributed by atoms with Crippen molar-refractivity contribution in [3.05, 3.63) is 58.7 Å². The fourth-order valence-corrected chi connectivity index (χ4v) is 6.65. The second-order valence-corrected chi connectivity index (χ2v) is 9.04. The van der Waals surface area contributed by atoms with E-state index in [9.17, 15) is 4.79 Å². The van der Waals surface area contributed by atoms with Crippen LogP contribution in [0, 0.1) is 17.3 Å². The van der Waals surface area contributed by atoms with E-state index in [0.717, 1.165) is 31.1 Å². The average molecular weight is 332 g/mol. The van der Waals surface area contributed by atoms with Gasteiger partial charge in [0.2, 0.25) is 0 Å². The van der Waals surface area contributed by atoms with Gasteiger partial charge in [-0.15, -0.1) is 0 Å². The Bertz CT molecular complexity index is 769. The monoisotopic (exact) mass is 332 g/mol. The molecule has 0 N–H and O–H groups in total. The third kappa shape index (κ3) is 2.39. The van der Waals surface area contributed by atoms with E-state index in [4.69, 9.17) is 0 Å². The van der Waals surface area contributed by atoms with E-state index in [2.05, 4.69) is 37.3 Å². The fraction of sp³-hybridized carbons (Fsp3) is 0.542. The lowest BCUT2D eigenvalue weighted by Gasteiger charge is -2.51. The van der Waals surface area contributed by atoms with Gasteiger partial charge in [-0.25, -0.2) is 0 Å². The van der Waals surface area contributed by atoms with Crippen molar-refractivity contribution in [2.24, 2.45) is 17.3 Å². The van der Waals surface area contributed by atoms with E-state index < -0.39 is 0 Å². The molecule has 0 radical (unpaired) electrons. The van der Waals surface area contributed by atoms with Gasteiger partial charge in [-0.3, -0.25) is 4.79 Å². The standard InChI is InChI=1S/C24H28O/c1-24-13-5-8-22(24)20-11-9-17-14-18(25)10-12-19(17)23(20)21(15-24)16-6-3-2-4-7-16/h2-4,6-7,14,20-22H,5,8-13,15H2,1H3/t20?,21?,22?,24-/m0/s1. The van der Waals surface area contributed by atoms with E-state index in [0.29, 0.717) is 17.1 Å². The molecule has 0 spiro atoms. The van der Waals surface area contributed by atoms with E-state index in [1.165, 1.54) is 43.2 Å². The molecular formula is C24H28O. The molecule has 4 atom stereocenters. The third-order valence-corrected chi connectivity index (χ3v) is 7.71. The molecule has 1 nitrogen and oxygen atoms in total. The summed E-state index contributed by atoms with van der Waals surface area (Å²) >= 11 is 0. The van der Waals surface area contributed by atoms with Gasteiger partial charge in [0, 0.05) is 12.3 Å². The van der Waals surface area contributed by atoms with Gasteiger partial charge in [-0.05, 0) is 78.6 Å². The van der Waals surface area contributed by atoms with Crippen LogP contribution in [-0.4, -0.2) is 5.78 Å². The van der Waals surface area contributed by atoms with Crippen LogP contribution in [0.15, 0.2) is 53.1 Å². The summed E-state index contributed by atoms with van der Waals surface area (Å²) in [5, 5.41) is 0. The van der Waals surface area contributed by atoms with Gasteiger partial charge in [0.25, 0.3) is 0 Å². The van der Waals surface area contributed by atoms with E-state index in [1.807, 2.05) is 6.08 Å². The van der Waals surface area contributed by atoms with Gasteiger partial charge >= 0.3 is 0 Å². The van der Waals surface area contributed by atoms with E-state index in [-0.39, 0.29) is 0 Å². The van der Waals surface area contributed by atoms with Crippen LogP contribution < -0.4 is 0 Å². The Morgan fingerprint density at radius 3 is 2.72 bits per heavy atom. The molecule has 0 aliphatic heterocycles. The number of rotatable bonds is 1. The van der Waals surface area contributed by atoms with Crippen LogP contribution >= 0.6 is 0 Å². The van der Waals surface area contributed by atoms with Gasteiger partial charge in [0.1, 0.15) is 0 Å². The number of carbonyl (C=O) groups is 1. The first-order chi connectivity index (χ1) is 12.2. The summed E-state index contributed by atoms with van der Waals surface area (Å²) in [7, 11) is 0. The molecule has 2 fully saturated rings. The highest BCUT2D eigenvalue weighted by Gasteiger charge is 2.52. The summed E-state index contributed by atoms with van der Waals surface area (Å²) < 4.78 is 0. The van der Waals surface area contributed by atoms with Gasteiger partial charge < -0.3 is 0 Å². The number of allylic oxidation sites excluding steroid dienone is 4. The quantitative estimate of drug-likeness (QED) is 0.618. The van der Waals surface area contributed by atoms with Crippen molar-refractivity contribution in [2.75, 3.05) is 0 Å². The molecule has 0 aromatic heterocycles. The Morgan fingerprint density at radius 1 is 1.04 bits per heavy atom. The summed E-state index contributed by atoms with van der Waals surface area (Å²) in [5.74, 6) is 2.54. The van der Waals surface area contributed by atoms with Crippen molar-refractivity contribution in [3.63, 3.8) is 0 Å². The highest BCUT2D eigenvalue weighted by molar-refractivity contribution is 5.93. The number of carbonyl (C=O) groups excluding carboxylic acids is 1. The lowest BCUT2D eigenvalue weighted by atomic mass is 9.53. The van der Waals surface area contributed by atoms with Crippen molar-refractivity contribution in [1.82, 2.24) is 0 Å². The maximum absolute atomic E-state index is 12.0. The molecule has 4 aliphatic carbocycles. The number of hydrogen-bond acceptors (Lipinski definition) is 1. The highest BCUT2D eigenvalue weighted by atomic mass is 16.1. The largest absolute Gasteiger partial charge is 0.295 e. The van der Waals surface area contributed by atoms with Crippen molar-refractivity contribution in [1.29, 1.82) is 0 Å². The zero-order chi connectivity index (χ0) is 17.0. The smallest absolute Gasteiger partial charge is 0.156 e. The Labute approximate surface area is 151 Å². The highest BCUT2D eigenvalue weighted by Crippen LogP contribution is 2.63. The average Bonchev–Trinajstić information content (AvgIpc) is 3.03. The summed E-state index contributed by atoms with van der Waals surface area (Å²) in [5.41, 5.74) is 6.71. The summed E-state index contributed by atoms with van der Waals surface area (Å²) in [6.07, 6.45) is 11.6. The number of benzene rings is 1. The molecule has 2 saturated carbocycles. The van der Waals surface area contributed by atoms with Crippen LogP contribution in [0.4, 0.5) is 0 Å². The predicted octanol–water partition coefficient (Wildman–Crippen LogP) is 5.98. The fourth-order valence-electron chi connectivity index (χ4n) is 6.65. The van der Waals surface area contributed by atoms with Gasteiger partial charge in [0.05, 0.1) is 0 Å². The molecule has 0 heterocycles. The normalized spacial score (nSPS) is 37.2. The van der Waals surface area contributed by atoms with Crippen molar-refractivity contribution < 1.29 is 4.79 Å². The van der Waals surface area contributed by atoms with Gasteiger partial charge in [-0.1, -0.05) is 49.2 Å². The summed E-state index contributed by atoms with van der Waals surface area (Å²) in [6, 6.07) is 11.2. The minimum atomic E-state index is 0.343. The number of ketones is 1.